The summed E-state index contributed by atoms with van der Waals surface area (Å²) < 4.78 is 18.3. The SMILES string of the molecule is COCC(=O)Nc1ccc(N(C)C)c(CN(Cc2ccc(F)cc2)C(=O)c2ccccc2Cl)c1. The van der Waals surface area contributed by atoms with Gasteiger partial charge >= 0.3 is 0 Å². The molecule has 0 aromatic heterocycles. The summed E-state index contributed by atoms with van der Waals surface area (Å²) in [6, 6.07) is 18.4. The fourth-order valence-electron chi connectivity index (χ4n) is 3.57. The minimum Gasteiger partial charge on any atom is -0.377 e. The third kappa shape index (κ3) is 6.56. The van der Waals surface area contributed by atoms with Crippen molar-refractivity contribution in [2.24, 2.45) is 0 Å². The van der Waals surface area contributed by atoms with Crippen LogP contribution in [0.1, 0.15) is 21.5 Å². The van der Waals surface area contributed by atoms with Crippen LogP contribution < -0.4 is 10.2 Å². The van der Waals surface area contributed by atoms with E-state index < -0.39 is 0 Å². The van der Waals surface area contributed by atoms with Crippen molar-refractivity contribution in [1.29, 1.82) is 0 Å². The molecule has 3 rings (SSSR count). The summed E-state index contributed by atoms with van der Waals surface area (Å²) in [6.45, 7) is 0.423. The second-order valence-electron chi connectivity index (χ2n) is 7.99. The molecular weight excluding hydrogens is 457 g/mol. The minimum atomic E-state index is -0.345. The molecule has 3 aromatic rings. The van der Waals surface area contributed by atoms with Crippen LogP contribution in [0.3, 0.4) is 0 Å². The predicted molar refractivity (Wildman–Crippen MR) is 133 cm³/mol. The van der Waals surface area contributed by atoms with Crippen LogP contribution in [0.2, 0.25) is 5.02 Å². The number of ether oxygens (including phenoxy) is 1. The van der Waals surface area contributed by atoms with E-state index >= 15 is 0 Å². The maximum Gasteiger partial charge on any atom is 0.255 e. The molecule has 0 aliphatic heterocycles. The van der Waals surface area contributed by atoms with Crippen LogP contribution in [0.4, 0.5) is 15.8 Å². The topological polar surface area (TPSA) is 61.9 Å². The van der Waals surface area contributed by atoms with Crippen LogP contribution >= 0.6 is 11.6 Å². The average molecular weight is 484 g/mol. The van der Waals surface area contributed by atoms with Crippen molar-refractivity contribution >= 4 is 34.8 Å². The van der Waals surface area contributed by atoms with Crippen LogP contribution in [0.25, 0.3) is 0 Å². The van der Waals surface area contributed by atoms with E-state index in [0.29, 0.717) is 16.3 Å². The van der Waals surface area contributed by atoms with Crippen molar-refractivity contribution in [1.82, 2.24) is 4.90 Å². The van der Waals surface area contributed by atoms with Gasteiger partial charge in [0.2, 0.25) is 5.91 Å². The van der Waals surface area contributed by atoms with Gasteiger partial charge in [-0.15, -0.1) is 0 Å². The molecule has 0 aliphatic rings. The van der Waals surface area contributed by atoms with E-state index in [4.69, 9.17) is 16.3 Å². The van der Waals surface area contributed by atoms with Crippen LogP contribution in [0, 0.1) is 5.82 Å². The molecule has 0 saturated carbocycles. The molecule has 8 heteroatoms. The molecule has 0 heterocycles. The Bertz CT molecular complexity index is 1150. The summed E-state index contributed by atoms with van der Waals surface area (Å²) in [4.78, 5) is 29.1. The van der Waals surface area contributed by atoms with Crippen molar-refractivity contribution in [3.8, 4) is 0 Å². The molecule has 0 bridgehead atoms. The summed E-state index contributed by atoms with van der Waals surface area (Å²) >= 11 is 6.32. The Labute approximate surface area is 203 Å². The zero-order valence-corrected chi connectivity index (χ0v) is 20.1. The van der Waals surface area contributed by atoms with Gasteiger partial charge in [0.25, 0.3) is 5.91 Å². The van der Waals surface area contributed by atoms with Crippen LogP contribution in [-0.4, -0.2) is 44.5 Å². The number of hydrogen-bond donors (Lipinski definition) is 1. The van der Waals surface area contributed by atoms with Crippen LogP contribution in [-0.2, 0) is 22.6 Å². The second kappa shape index (κ2) is 11.6. The maximum atomic E-state index is 13.5. The quantitative estimate of drug-likeness (QED) is 0.466. The van der Waals surface area contributed by atoms with E-state index in [0.717, 1.165) is 16.8 Å². The first-order valence-electron chi connectivity index (χ1n) is 10.7. The molecule has 3 aromatic carbocycles. The maximum absolute atomic E-state index is 13.5. The van der Waals surface area contributed by atoms with Gasteiger partial charge in [-0.2, -0.15) is 0 Å². The Balaban J connectivity index is 1.98. The number of anilines is 2. The van der Waals surface area contributed by atoms with Gasteiger partial charge in [0.15, 0.2) is 0 Å². The fourth-order valence-corrected chi connectivity index (χ4v) is 3.79. The molecule has 0 radical (unpaired) electrons. The summed E-state index contributed by atoms with van der Waals surface area (Å²) in [5.74, 6) is -0.878. The summed E-state index contributed by atoms with van der Waals surface area (Å²) in [5.41, 5.74) is 3.46. The lowest BCUT2D eigenvalue weighted by molar-refractivity contribution is -0.119. The number of carbonyl (C=O) groups excluding carboxylic acids is 2. The summed E-state index contributed by atoms with van der Waals surface area (Å²) in [5, 5.41) is 3.15. The zero-order valence-electron chi connectivity index (χ0n) is 19.3. The Kier molecular flexibility index (Phi) is 8.62. The predicted octanol–water partition coefficient (Wildman–Crippen LogP) is 4.97. The van der Waals surface area contributed by atoms with E-state index in [1.807, 2.05) is 31.1 Å². The molecule has 178 valence electrons. The van der Waals surface area contributed by atoms with Crippen LogP contribution in [0.5, 0.6) is 0 Å². The van der Waals surface area contributed by atoms with Gasteiger partial charge in [0, 0.05) is 45.7 Å². The first kappa shape index (κ1) is 25.2. The average Bonchev–Trinajstić information content (AvgIpc) is 2.80. The molecule has 0 atom stereocenters. The molecule has 1 N–H and O–H groups in total. The summed E-state index contributed by atoms with van der Waals surface area (Å²) in [6.07, 6.45) is 0. The highest BCUT2D eigenvalue weighted by Crippen LogP contribution is 2.27. The lowest BCUT2D eigenvalue weighted by atomic mass is 10.1. The molecule has 0 saturated heterocycles. The standard InChI is InChI=1S/C26H27ClFN3O3/c1-30(2)24-13-12-21(29-25(32)17-34-3)14-19(24)16-31(15-18-8-10-20(28)11-9-18)26(33)22-6-4-5-7-23(22)27/h4-14H,15-17H2,1-3H3,(H,29,32). The molecule has 0 unspecified atom stereocenters. The Morgan fingerprint density at radius 1 is 1.00 bits per heavy atom. The van der Waals surface area contributed by atoms with E-state index in [9.17, 15) is 14.0 Å². The highest BCUT2D eigenvalue weighted by atomic mass is 35.5. The highest BCUT2D eigenvalue weighted by molar-refractivity contribution is 6.33. The fraction of sp³-hybridized carbons (Fsp3) is 0.231. The second-order valence-corrected chi connectivity index (χ2v) is 8.39. The Morgan fingerprint density at radius 3 is 2.35 bits per heavy atom. The smallest absolute Gasteiger partial charge is 0.255 e. The Morgan fingerprint density at radius 2 is 1.71 bits per heavy atom. The van der Waals surface area contributed by atoms with Crippen molar-refractivity contribution in [3.63, 3.8) is 0 Å². The highest BCUT2D eigenvalue weighted by Gasteiger charge is 2.21. The van der Waals surface area contributed by atoms with Crippen molar-refractivity contribution in [2.75, 3.05) is 38.0 Å². The number of rotatable bonds is 9. The molecule has 0 fully saturated rings. The normalized spacial score (nSPS) is 10.6. The van der Waals surface area contributed by atoms with E-state index in [1.54, 1.807) is 47.4 Å². The van der Waals surface area contributed by atoms with Gasteiger partial charge in [0.1, 0.15) is 12.4 Å². The first-order chi connectivity index (χ1) is 16.3. The lowest BCUT2D eigenvalue weighted by Gasteiger charge is -2.27. The van der Waals surface area contributed by atoms with E-state index in [1.165, 1.54) is 19.2 Å². The van der Waals surface area contributed by atoms with Crippen molar-refractivity contribution in [3.05, 3.63) is 94.3 Å². The molecule has 0 spiro atoms. The number of amides is 2. The third-order valence-electron chi connectivity index (χ3n) is 5.16. The van der Waals surface area contributed by atoms with Crippen molar-refractivity contribution in [2.45, 2.75) is 13.1 Å². The number of benzene rings is 3. The van der Waals surface area contributed by atoms with Crippen molar-refractivity contribution < 1.29 is 18.7 Å². The van der Waals surface area contributed by atoms with Crippen LogP contribution in [0.15, 0.2) is 66.7 Å². The van der Waals surface area contributed by atoms with Gasteiger partial charge in [-0.1, -0.05) is 35.9 Å². The number of nitrogens with one attached hydrogen (secondary N) is 1. The van der Waals surface area contributed by atoms with Gasteiger partial charge < -0.3 is 19.9 Å². The third-order valence-corrected chi connectivity index (χ3v) is 5.49. The van der Waals surface area contributed by atoms with Gasteiger partial charge in [-0.25, -0.2) is 4.39 Å². The minimum absolute atomic E-state index is 0.0630. The number of hydrogen-bond acceptors (Lipinski definition) is 4. The number of halogens is 2. The van der Waals surface area contributed by atoms with E-state index in [-0.39, 0.29) is 37.3 Å². The molecule has 6 nitrogen and oxygen atoms in total. The number of methoxy groups -OCH3 is 1. The molecule has 0 aliphatic carbocycles. The monoisotopic (exact) mass is 483 g/mol. The van der Waals surface area contributed by atoms with Gasteiger partial charge in [0.05, 0.1) is 10.6 Å². The van der Waals surface area contributed by atoms with E-state index in [2.05, 4.69) is 5.32 Å². The first-order valence-corrected chi connectivity index (χ1v) is 11.0. The molecule has 34 heavy (non-hydrogen) atoms. The lowest BCUT2D eigenvalue weighted by Crippen LogP contribution is -2.31. The number of carbonyl (C=O) groups is 2. The zero-order chi connectivity index (χ0) is 24.7. The van der Waals surface area contributed by atoms with Gasteiger partial charge in [-0.3, -0.25) is 9.59 Å². The summed E-state index contributed by atoms with van der Waals surface area (Å²) in [7, 11) is 5.26. The van der Waals surface area contributed by atoms with Gasteiger partial charge in [-0.05, 0) is 53.6 Å². The number of nitrogens with zero attached hydrogens (tertiary/aromatic N) is 2. The largest absolute Gasteiger partial charge is 0.377 e. The molecule has 2 amide bonds. The Hall–Kier alpha value is -3.42. The molecular formula is C26H27ClFN3O3.